The first-order valence-corrected chi connectivity index (χ1v) is 5.60. The minimum absolute atomic E-state index is 0.150. The second-order valence-corrected chi connectivity index (χ2v) is 3.90. The van der Waals surface area contributed by atoms with E-state index in [1.54, 1.807) is 12.1 Å². The van der Waals surface area contributed by atoms with E-state index in [2.05, 4.69) is 15.9 Å². The molecule has 0 aromatic heterocycles. The molecule has 1 aromatic carbocycles. The molecule has 0 bridgehead atoms. The predicted molar refractivity (Wildman–Crippen MR) is 61.1 cm³/mol. The van der Waals surface area contributed by atoms with E-state index in [1.165, 1.54) is 7.11 Å². The summed E-state index contributed by atoms with van der Waals surface area (Å²) >= 11 is 14.8. The van der Waals surface area contributed by atoms with E-state index in [1.807, 2.05) is 0 Å². The summed E-state index contributed by atoms with van der Waals surface area (Å²) in [7, 11) is 1.51. The summed E-state index contributed by atoms with van der Waals surface area (Å²) < 4.78 is 4.95. The number of ketones is 1. The quantitative estimate of drug-likeness (QED) is 0.630. The van der Waals surface area contributed by atoms with Crippen molar-refractivity contribution >= 4 is 44.9 Å². The summed E-state index contributed by atoms with van der Waals surface area (Å²) in [6.45, 7) is 0. The van der Waals surface area contributed by atoms with Crippen molar-refractivity contribution in [3.8, 4) is 5.75 Å². The molecule has 0 aliphatic heterocycles. The Labute approximate surface area is 100 Å². The van der Waals surface area contributed by atoms with Crippen molar-refractivity contribution in [3.05, 3.63) is 27.7 Å². The van der Waals surface area contributed by atoms with Crippen LogP contribution in [0.3, 0.4) is 0 Å². The third-order valence-corrected chi connectivity index (χ3v) is 2.76. The van der Waals surface area contributed by atoms with E-state index in [0.29, 0.717) is 21.4 Å². The number of benzene rings is 1. The Hall–Kier alpha value is -0.250. The van der Waals surface area contributed by atoms with Crippen LogP contribution in [0.1, 0.15) is 10.4 Å². The highest BCUT2D eigenvalue weighted by atomic mass is 79.9. The van der Waals surface area contributed by atoms with Gasteiger partial charge in [-0.15, -0.1) is 0 Å². The van der Waals surface area contributed by atoms with E-state index in [9.17, 15) is 4.79 Å². The van der Waals surface area contributed by atoms with Crippen molar-refractivity contribution in [2.45, 2.75) is 0 Å². The lowest BCUT2D eigenvalue weighted by Crippen LogP contribution is -2.02. The maximum Gasteiger partial charge on any atom is 0.176 e. The Morgan fingerprint density at radius 2 is 1.93 bits per heavy atom. The van der Waals surface area contributed by atoms with Crippen LogP contribution in [0.2, 0.25) is 10.0 Å². The predicted octanol–water partition coefficient (Wildman–Crippen LogP) is 3.58. The molecule has 0 atom stereocenters. The molecule has 0 radical (unpaired) electrons. The van der Waals surface area contributed by atoms with Gasteiger partial charge in [0.05, 0.1) is 28.0 Å². The number of rotatable bonds is 3. The summed E-state index contributed by atoms with van der Waals surface area (Å²) in [5.41, 5.74) is 0.325. The second-order valence-electron chi connectivity index (χ2n) is 2.52. The molecule has 76 valence electrons. The van der Waals surface area contributed by atoms with Crippen molar-refractivity contribution in [1.29, 1.82) is 0 Å². The van der Waals surface area contributed by atoms with E-state index < -0.39 is 0 Å². The molecule has 0 spiro atoms. The molecular weight excluding hydrogens is 291 g/mol. The summed E-state index contributed by atoms with van der Waals surface area (Å²) in [6.07, 6.45) is 0. The molecular formula is C9H7BrCl2O2. The lowest BCUT2D eigenvalue weighted by Gasteiger charge is -2.06. The molecule has 2 nitrogen and oxygen atoms in total. The molecule has 0 aliphatic rings. The minimum Gasteiger partial charge on any atom is -0.497 e. The highest BCUT2D eigenvalue weighted by molar-refractivity contribution is 9.09. The van der Waals surface area contributed by atoms with Gasteiger partial charge in [0, 0.05) is 0 Å². The molecule has 0 N–H and O–H groups in total. The smallest absolute Gasteiger partial charge is 0.176 e. The second kappa shape index (κ2) is 5.01. The first-order chi connectivity index (χ1) is 6.60. The van der Waals surface area contributed by atoms with Gasteiger partial charge < -0.3 is 4.74 Å². The van der Waals surface area contributed by atoms with Crippen molar-refractivity contribution in [1.82, 2.24) is 0 Å². The minimum atomic E-state index is -0.150. The zero-order chi connectivity index (χ0) is 10.7. The van der Waals surface area contributed by atoms with Gasteiger partial charge in [-0.25, -0.2) is 0 Å². The van der Waals surface area contributed by atoms with Gasteiger partial charge in [0.2, 0.25) is 0 Å². The Bertz CT molecular complexity index is 343. The Balaban J connectivity index is 3.25. The largest absolute Gasteiger partial charge is 0.497 e. The molecule has 14 heavy (non-hydrogen) atoms. The third kappa shape index (κ3) is 2.41. The van der Waals surface area contributed by atoms with Crippen LogP contribution in [-0.4, -0.2) is 18.2 Å². The molecule has 0 amide bonds. The van der Waals surface area contributed by atoms with Gasteiger partial charge in [0.15, 0.2) is 5.78 Å². The van der Waals surface area contributed by atoms with Crippen molar-refractivity contribution in [2.75, 3.05) is 12.4 Å². The van der Waals surface area contributed by atoms with Gasteiger partial charge in [0.1, 0.15) is 5.75 Å². The number of alkyl halides is 1. The van der Waals surface area contributed by atoms with Crippen LogP contribution in [0.4, 0.5) is 0 Å². The van der Waals surface area contributed by atoms with Crippen LogP contribution in [0, 0.1) is 0 Å². The number of carbonyl (C=O) groups is 1. The molecule has 0 aliphatic carbocycles. The molecule has 0 unspecified atom stereocenters. The zero-order valence-electron chi connectivity index (χ0n) is 7.31. The van der Waals surface area contributed by atoms with Crippen LogP contribution in [-0.2, 0) is 0 Å². The number of hydrogen-bond donors (Lipinski definition) is 0. The molecule has 1 rings (SSSR count). The Kier molecular flexibility index (Phi) is 4.23. The van der Waals surface area contributed by atoms with E-state index >= 15 is 0 Å². The number of halogens is 3. The van der Waals surface area contributed by atoms with Crippen molar-refractivity contribution in [2.24, 2.45) is 0 Å². The zero-order valence-corrected chi connectivity index (χ0v) is 10.4. The SMILES string of the molecule is COc1cc(Cl)c(C(=O)CBr)c(Cl)c1. The summed E-state index contributed by atoms with van der Waals surface area (Å²) in [6, 6.07) is 3.12. The number of Topliss-reactive ketones (excluding diaryl/α,β-unsaturated/α-hetero) is 1. The number of ether oxygens (including phenoxy) is 1. The first kappa shape index (κ1) is 11.8. The maximum absolute atomic E-state index is 11.4. The summed E-state index contributed by atoms with van der Waals surface area (Å²) in [5.74, 6) is 0.383. The van der Waals surface area contributed by atoms with Crippen molar-refractivity contribution < 1.29 is 9.53 Å². The molecule has 0 saturated heterocycles. The lowest BCUT2D eigenvalue weighted by atomic mass is 10.1. The van der Waals surface area contributed by atoms with Crippen molar-refractivity contribution in [3.63, 3.8) is 0 Å². The van der Waals surface area contributed by atoms with Crippen LogP contribution < -0.4 is 4.74 Å². The third-order valence-electron chi connectivity index (χ3n) is 1.65. The van der Waals surface area contributed by atoms with Crippen LogP contribution >= 0.6 is 39.1 Å². The number of carbonyl (C=O) groups excluding carboxylic acids is 1. The highest BCUT2D eigenvalue weighted by Gasteiger charge is 2.14. The van der Waals surface area contributed by atoms with Crippen LogP contribution in [0.25, 0.3) is 0 Å². The molecule has 0 saturated carbocycles. The van der Waals surface area contributed by atoms with Gasteiger partial charge in [0.25, 0.3) is 0 Å². The van der Waals surface area contributed by atoms with Gasteiger partial charge in [-0.05, 0) is 12.1 Å². The first-order valence-electron chi connectivity index (χ1n) is 3.72. The lowest BCUT2D eigenvalue weighted by molar-refractivity contribution is 0.102. The fourth-order valence-corrected chi connectivity index (χ4v) is 1.96. The topological polar surface area (TPSA) is 26.3 Å². The van der Waals surface area contributed by atoms with Gasteiger partial charge in [-0.2, -0.15) is 0 Å². The Morgan fingerprint density at radius 1 is 1.43 bits per heavy atom. The highest BCUT2D eigenvalue weighted by Crippen LogP contribution is 2.30. The standard InChI is InChI=1S/C9H7BrCl2O2/c1-14-5-2-6(11)9(7(12)3-5)8(13)4-10/h2-3H,4H2,1H3. The van der Waals surface area contributed by atoms with Crippen LogP contribution in [0.5, 0.6) is 5.75 Å². The normalized spacial score (nSPS) is 10.0. The monoisotopic (exact) mass is 296 g/mol. The molecule has 0 fully saturated rings. The Morgan fingerprint density at radius 3 is 2.29 bits per heavy atom. The summed E-state index contributed by atoms with van der Waals surface area (Å²) in [4.78, 5) is 11.4. The fraction of sp³-hybridized carbons (Fsp3) is 0.222. The van der Waals surface area contributed by atoms with E-state index in [-0.39, 0.29) is 11.1 Å². The van der Waals surface area contributed by atoms with Gasteiger partial charge >= 0.3 is 0 Å². The van der Waals surface area contributed by atoms with E-state index in [0.717, 1.165) is 0 Å². The maximum atomic E-state index is 11.4. The van der Waals surface area contributed by atoms with Gasteiger partial charge in [-0.3, -0.25) is 4.79 Å². The fourth-order valence-electron chi connectivity index (χ4n) is 1.00. The molecule has 5 heteroatoms. The summed E-state index contributed by atoms with van der Waals surface area (Å²) in [5, 5.41) is 0.802. The average molecular weight is 298 g/mol. The molecule has 1 aromatic rings. The van der Waals surface area contributed by atoms with E-state index in [4.69, 9.17) is 27.9 Å². The van der Waals surface area contributed by atoms with Gasteiger partial charge in [-0.1, -0.05) is 39.1 Å². The average Bonchev–Trinajstić information content (AvgIpc) is 2.16. The number of methoxy groups -OCH3 is 1. The molecule has 0 heterocycles. The number of hydrogen-bond acceptors (Lipinski definition) is 2. The van der Waals surface area contributed by atoms with Crippen LogP contribution in [0.15, 0.2) is 12.1 Å².